The number of esters is 1. The Labute approximate surface area is 107 Å². The maximum atomic E-state index is 11.3. The largest absolute Gasteiger partial charge is 0.463 e. The number of aliphatic hydroxyl groups excluding tert-OH is 1. The first kappa shape index (κ1) is 14.7. The van der Waals surface area contributed by atoms with Gasteiger partial charge in [0.25, 0.3) is 0 Å². The molecule has 0 bridgehead atoms. The number of nitrogens with one attached hydrogen (secondary N) is 1. The Bertz CT molecular complexity index is 388. The molecule has 1 aromatic heterocycles. The molecule has 0 spiro atoms. The molecule has 0 aliphatic carbocycles. The van der Waals surface area contributed by atoms with Crippen molar-refractivity contribution in [2.75, 3.05) is 13.7 Å². The Morgan fingerprint density at radius 3 is 2.67 bits per heavy atom. The van der Waals surface area contributed by atoms with Crippen LogP contribution in [0.1, 0.15) is 43.1 Å². The van der Waals surface area contributed by atoms with Crippen molar-refractivity contribution in [1.82, 2.24) is 5.32 Å². The molecule has 0 radical (unpaired) electrons. The van der Waals surface area contributed by atoms with Crippen LogP contribution >= 0.6 is 0 Å². The summed E-state index contributed by atoms with van der Waals surface area (Å²) in [5.74, 6) is 0.545. The Balaban J connectivity index is 2.64. The maximum Gasteiger partial charge on any atom is 0.373 e. The van der Waals surface area contributed by atoms with E-state index in [0.717, 1.165) is 0 Å². The monoisotopic (exact) mass is 255 g/mol. The van der Waals surface area contributed by atoms with Crippen LogP contribution in [-0.2, 0) is 4.74 Å². The van der Waals surface area contributed by atoms with Crippen molar-refractivity contribution in [3.05, 3.63) is 23.7 Å². The molecule has 0 saturated carbocycles. The van der Waals surface area contributed by atoms with Crippen molar-refractivity contribution in [2.24, 2.45) is 5.92 Å². The quantitative estimate of drug-likeness (QED) is 0.757. The second-order valence-corrected chi connectivity index (χ2v) is 4.53. The van der Waals surface area contributed by atoms with E-state index in [-0.39, 0.29) is 30.4 Å². The molecule has 0 aliphatic rings. The van der Waals surface area contributed by atoms with Crippen molar-refractivity contribution < 1.29 is 19.1 Å². The first-order valence-corrected chi connectivity index (χ1v) is 6.04. The molecule has 2 N–H and O–H groups in total. The summed E-state index contributed by atoms with van der Waals surface area (Å²) in [6.45, 7) is 6.04. The van der Waals surface area contributed by atoms with Gasteiger partial charge in [0.05, 0.1) is 13.2 Å². The van der Waals surface area contributed by atoms with E-state index in [9.17, 15) is 4.79 Å². The van der Waals surface area contributed by atoms with Crippen LogP contribution in [0.2, 0.25) is 0 Å². The van der Waals surface area contributed by atoms with E-state index in [1.54, 1.807) is 12.1 Å². The Morgan fingerprint density at radius 1 is 1.44 bits per heavy atom. The van der Waals surface area contributed by atoms with Gasteiger partial charge in [-0.25, -0.2) is 4.79 Å². The minimum atomic E-state index is -0.481. The minimum Gasteiger partial charge on any atom is -0.463 e. The summed E-state index contributed by atoms with van der Waals surface area (Å²) in [5, 5.41) is 12.4. The lowest BCUT2D eigenvalue weighted by Crippen LogP contribution is -2.35. The third kappa shape index (κ3) is 3.58. The number of hydrogen-bond acceptors (Lipinski definition) is 5. The van der Waals surface area contributed by atoms with Gasteiger partial charge in [-0.15, -0.1) is 0 Å². The molecule has 3 unspecified atom stereocenters. The van der Waals surface area contributed by atoms with Crippen LogP contribution in [0.4, 0.5) is 0 Å². The van der Waals surface area contributed by atoms with Gasteiger partial charge in [0, 0.05) is 12.6 Å². The van der Waals surface area contributed by atoms with Crippen LogP contribution < -0.4 is 5.32 Å². The van der Waals surface area contributed by atoms with Gasteiger partial charge in [0.2, 0.25) is 5.76 Å². The molecule has 102 valence electrons. The Hall–Kier alpha value is -1.33. The Morgan fingerprint density at radius 2 is 2.11 bits per heavy atom. The highest BCUT2D eigenvalue weighted by atomic mass is 16.5. The topological polar surface area (TPSA) is 71.7 Å². The summed E-state index contributed by atoms with van der Waals surface area (Å²) in [6, 6.07) is 3.46. The normalized spacial score (nSPS) is 16.1. The zero-order chi connectivity index (χ0) is 13.7. The average Bonchev–Trinajstić information content (AvgIpc) is 2.86. The molecule has 0 aromatic carbocycles. The molecule has 1 aromatic rings. The summed E-state index contributed by atoms with van der Waals surface area (Å²) in [7, 11) is 1.32. The van der Waals surface area contributed by atoms with Crippen LogP contribution in [0.25, 0.3) is 0 Å². The van der Waals surface area contributed by atoms with Crippen LogP contribution in [0.3, 0.4) is 0 Å². The molecule has 0 aliphatic heterocycles. The third-order valence-electron chi connectivity index (χ3n) is 3.09. The van der Waals surface area contributed by atoms with E-state index < -0.39 is 5.97 Å². The number of ether oxygens (including phenoxy) is 1. The second-order valence-electron chi connectivity index (χ2n) is 4.53. The summed E-state index contributed by atoms with van der Waals surface area (Å²) < 4.78 is 9.99. The van der Waals surface area contributed by atoms with E-state index in [2.05, 4.69) is 10.1 Å². The Kier molecular flexibility index (Phi) is 5.37. The van der Waals surface area contributed by atoms with Gasteiger partial charge in [-0.05, 0) is 31.9 Å². The lowest BCUT2D eigenvalue weighted by Gasteiger charge is -2.22. The van der Waals surface area contributed by atoms with Crippen LogP contribution in [0.5, 0.6) is 0 Å². The van der Waals surface area contributed by atoms with Crippen molar-refractivity contribution >= 4 is 5.97 Å². The van der Waals surface area contributed by atoms with Crippen molar-refractivity contribution in [3.8, 4) is 0 Å². The number of carbonyl (C=O) groups excluding carboxylic acids is 1. The molecular weight excluding hydrogens is 234 g/mol. The summed E-state index contributed by atoms with van der Waals surface area (Å²) in [5.41, 5.74) is 0. The zero-order valence-corrected chi connectivity index (χ0v) is 11.3. The van der Waals surface area contributed by atoms with Gasteiger partial charge in [-0.2, -0.15) is 0 Å². The maximum absolute atomic E-state index is 11.3. The van der Waals surface area contributed by atoms with Crippen LogP contribution in [0, 0.1) is 5.92 Å². The smallest absolute Gasteiger partial charge is 0.373 e. The fraction of sp³-hybridized carbons (Fsp3) is 0.615. The second kappa shape index (κ2) is 6.56. The summed E-state index contributed by atoms with van der Waals surface area (Å²) in [6.07, 6.45) is 0. The lowest BCUT2D eigenvalue weighted by molar-refractivity contribution is 0.0562. The third-order valence-corrected chi connectivity index (χ3v) is 3.09. The van der Waals surface area contributed by atoms with Gasteiger partial charge in [-0.1, -0.05) is 6.92 Å². The predicted octanol–water partition coefficient (Wildman–Crippen LogP) is 1.73. The molecule has 0 saturated heterocycles. The summed E-state index contributed by atoms with van der Waals surface area (Å²) >= 11 is 0. The molecule has 3 atom stereocenters. The van der Waals surface area contributed by atoms with Crippen molar-refractivity contribution in [3.63, 3.8) is 0 Å². The predicted molar refractivity (Wildman–Crippen MR) is 67.3 cm³/mol. The van der Waals surface area contributed by atoms with E-state index in [4.69, 9.17) is 9.52 Å². The van der Waals surface area contributed by atoms with Gasteiger partial charge >= 0.3 is 5.97 Å². The first-order valence-electron chi connectivity index (χ1n) is 6.04. The fourth-order valence-corrected chi connectivity index (χ4v) is 1.59. The number of hydrogen-bond donors (Lipinski definition) is 2. The molecule has 5 nitrogen and oxygen atoms in total. The number of aliphatic hydroxyl groups is 1. The van der Waals surface area contributed by atoms with Gasteiger partial charge in [-0.3, -0.25) is 0 Å². The SMILES string of the molecule is COC(=O)c1ccc(C(C)NC(C)C(C)CO)o1. The molecule has 0 fully saturated rings. The highest BCUT2D eigenvalue weighted by Gasteiger charge is 2.18. The van der Waals surface area contributed by atoms with Crippen molar-refractivity contribution in [1.29, 1.82) is 0 Å². The molecule has 1 heterocycles. The van der Waals surface area contributed by atoms with Gasteiger partial charge < -0.3 is 19.6 Å². The fourth-order valence-electron chi connectivity index (χ4n) is 1.59. The molecule has 5 heteroatoms. The zero-order valence-electron chi connectivity index (χ0n) is 11.3. The molecular formula is C13H21NO4. The number of furan rings is 1. The first-order chi connectivity index (χ1) is 8.49. The van der Waals surface area contributed by atoms with E-state index >= 15 is 0 Å². The molecule has 1 rings (SSSR count). The standard InChI is InChI=1S/C13H21NO4/c1-8(7-15)9(2)14-10(3)11-5-6-12(18-11)13(16)17-4/h5-6,8-10,14-15H,7H2,1-4H3. The van der Waals surface area contributed by atoms with Crippen LogP contribution in [0.15, 0.2) is 16.5 Å². The minimum absolute atomic E-state index is 0.0348. The average molecular weight is 255 g/mol. The van der Waals surface area contributed by atoms with E-state index in [1.165, 1.54) is 7.11 Å². The van der Waals surface area contributed by atoms with E-state index in [0.29, 0.717) is 5.76 Å². The number of rotatable bonds is 6. The lowest BCUT2D eigenvalue weighted by atomic mass is 10.0. The highest BCUT2D eigenvalue weighted by molar-refractivity contribution is 5.86. The van der Waals surface area contributed by atoms with Crippen molar-refractivity contribution in [2.45, 2.75) is 32.9 Å². The van der Waals surface area contributed by atoms with E-state index in [1.807, 2.05) is 20.8 Å². The molecule has 0 amide bonds. The molecule has 18 heavy (non-hydrogen) atoms. The van der Waals surface area contributed by atoms with Crippen LogP contribution in [-0.4, -0.2) is 30.8 Å². The summed E-state index contributed by atoms with van der Waals surface area (Å²) in [4.78, 5) is 11.3. The number of methoxy groups -OCH3 is 1. The van der Waals surface area contributed by atoms with Gasteiger partial charge in [0.15, 0.2) is 0 Å². The number of carbonyl (C=O) groups is 1. The highest BCUT2D eigenvalue weighted by Crippen LogP contribution is 2.18. The van der Waals surface area contributed by atoms with Gasteiger partial charge in [0.1, 0.15) is 5.76 Å².